The molecule has 4 rings (SSSR count). The highest BCUT2D eigenvalue weighted by atomic mass is 16.2. The minimum Gasteiger partial charge on any atom is -0.325 e. The Morgan fingerprint density at radius 1 is 0.926 bits per heavy atom. The Kier molecular flexibility index (Phi) is 5.45. The summed E-state index contributed by atoms with van der Waals surface area (Å²) in [5.41, 5.74) is 1.08. The minimum atomic E-state index is -0.424. The molecule has 3 aliphatic heterocycles. The molecule has 1 aromatic rings. The zero-order valence-corrected chi connectivity index (χ0v) is 16.1. The SMILES string of the molecule is CN1CCC(N2CCC(N3C(=O)NC(Cc4ccccc4)C3=O)CC2)CC1. The molecule has 0 spiro atoms. The molecule has 1 N–H and O–H groups in total. The summed E-state index contributed by atoms with van der Waals surface area (Å²) in [5, 5.41) is 2.90. The highest BCUT2D eigenvalue weighted by molar-refractivity contribution is 6.04. The normalized spacial score (nSPS) is 26.6. The van der Waals surface area contributed by atoms with Gasteiger partial charge >= 0.3 is 6.03 Å². The van der Waals surface area contributed by atoms with E-state index in [1.807, 2.05) is 30.3 Å². The van der Waals surface area contributed by atoms with Gasteiger partial charge in [-0.05, 0) is 51.4 Å². The largest absolute Gasteiger partial charge is 0.325 e. The number of nitrogens with zero attached hydrogens (tertiary/aromatic N) is 3. The van der Waals surface area contributed by atoms with Crippen molar-refractivity contribution in [2.75, 3.05) is 33.2 Å². The molecular weight excluding hydrogens is 340 g/mol. The molecule has 0 aromatic heterocycles. The van der Waals surface area contributed by atoms with Gasteiger partial charge in [0.1, 0.15) is 6.04 Å². The smallest absolute Gasteiger partial charge is 0.325 e. The van der Waals surface area contributed by atoms with Crippen molar-refractivity contribution < 1.29 is 9.59 Å². The predicted octanol–water partition coefficient (Wildman–Crippen LogP) is 1.71. The van der Waals surface area contributed by atoms with E-state index < -0.39 is 6.04 Å². The highest BCUT2D eigenvalue weighted by Crippen LogP contribution is 2.25. The summed E-state index contributed by atoms with van der Waals surface area (Å²) in [6, 6.07) is 9.97. The lowest BCUT2D eigenvalue weighted by Crippen LogP contribution is -2.52. The fourth-order valence-corrected chi connectivity index (χ4v) is 4.75. The fraction of sp³-hybridized carbons (Fsp3) is 0.619. The van der Waals surface area contributed by atoms with Crippen LogP contribution in [0.25, 0.3) is 0 Å². The average molecular weight is 370 g/mol. The van der Waals surface area contributed by atoms with Crippen LogP contribution >= 0.6 is 0 Å². The van der Waals surface area contributed by atoms with Gasteiger partial charge in [-0.1, -0.05) is 30.3 Å². The molecule has 6 heteroatoms. The first-order valence-electron chi connectivity index (χ1n) is 10.2. The van der Waals surface area contributed by atoms with Crippen molar-refractivity contribution in [1.82, 2.24) is 20.0 Å². The van der Waals surface area contributed by atoms with Crippen LogP contribution in [0.15, 0.2) is 30.3 Å². The number of urea groups is 1. The van der Waals surface area contributed by atoms with Crippen LogP contribution in [0.3, 0.4) is 0 Å². The Morgan fingerprint density at radius 2 is 1.56 bits per heavy atom. The van der Waals surface area contributed by atoms with Gasteiger partial charge in [0, 0.05) is 31.6 Å². The van der Waals surface area contributed by atoms with E-state index in [0.29, 0.717) is 12.5 Å². The molecule has 1 unspecified atom stereocenters. The molecule has 0 bridgehead atoms. The maximum atomic E-state index is 12.9. The van der Waals surface area contributed by atoms with Gasteiger partial charge in [0.15, 0.2) is 0 Å². The van der Waals surface area contributed by atoms with Crippen molar-refractivity contribution in [3.05, 3.63) is 35.9 Å². The van der Waals surface area contributed by atoms with Crippen LogP contribution in [-0.4, -0.2) is 78.0 Å². The molecule has 146 valence electrons. The van der Waals surface area contributed by atoms with Crippen molar-refractivity contribution in [3.63, 3.8) is 0 Å². The van der Waals surface area contributed by atoms with Gasteiger partial charge in [0.25, 0.3) is 5.91 Å². The maximum Gasteiger partial charge on any atom is 0.325 e. The van der Waals surface area contributed by atoms with Crippen molar-refractivity contribution in [1.29, 1.82) is 0 Å². The van der Waals surface area contributed by atoms with E-state index in [4.69, 9.17) is 0 Å². The summed E-state index contributed by atoms with van der Waals surface area (Å²) < 4.78 is 0. The van der Waals surface area contributed by atoms with Gasteiger partial charge in [-0.3, -0.25) is 9.69 Å². The molecule has 3 saturated heterocycles. The second-order valence-electron chi connectivity index (χ2n) is 8.20. The van der Waals surface area contributed by atoms with Crippen LogP contribution in [0, 0.1) is 0 Å². The van der Waals surface area contributed by atoms with E-state index in [1.54, 1.807) is 0 Å². The quantitative estimate of drug-likeness (QED) is 0.820. The second kappa shape index (κ2) is 7.98. The number of hydrogen-bond donors (Lipinski definition) is 1. The van der Waals surface area contributed by atoms with E-state index >= 15 is 0 Å². The summed E-state index contributed by atoms with van der Waals surface area (Å²) in [7, 11) is 2.19. The van der Waals surface area contributed by atoms with E-state index in [9.17, 15) is 9.59 Å². The molecule has 3 amide bonds. The number of hydrogen-bond acceptors (Lipinski definition) is 4. The summed E-state index contributed by atoms with van der Waals surface area (Å²) in [6.07, 6.45) is 4.80. The van der Waals surface area contributed by atoms with Gasteiger partial charge in [-0.15, -0.1) is 0 Å². The van der Waals surface area contributed by atoms with Gasteiger partial charge in [-0.2, -0.15) is 0 Å². The number of rotatable bonds is 4. The first-order valence-corrected chi connectivity index (χ1v) is 10.2. The topological polar surface area (TPSA) is 55.9 Å². The fourth-order valence-electron chi connectivity index (χ4n) is 4.75. The Morgan fingerprint density at radius 3 is 2.22 bits per heavy atom. The molecule has 6 nitrogen and oxygen atoms in total. The summed E-state index contributed by atoms with van der Waals surface area (Å²) in [4.78, 5) is 31.8. The lowest BCUT2D eigenvalue weighted by Gasteiger charge is -2.42. The number of amides is 3. The van der Waals surface area contributed by atoms with E-state index in [1.165, 1.54) is 30.8 Å². The zero-order chi connectivity index (χ0) is 18.8. The molecule has 0 radical (unpaired) electrons. The molecular formula is C21H30N4O2. The number of piperidine rings is 2. The maximum absolute atomic E-state index is 12.9. The molecule has 27 heavy (non-hydrogen) atoms. The Labute approximate surface area is 161 Å². The first kappa shape index (κ1) is 18.4. The van der Waals surface area contributed by atoms with Gasteiger partial charge in [0.2, 0.25) is 0 Å². The second-order valence-corrected chi connectivity index (χ2v) is 8.20. The summed E-state index contributed by atoms with van der Waals surface area (Å²) >= 11 is 0. The summed E-state index contributed by atoms with van der Waals surface area (Å²) in [6.45, 7) is 4.30. The van der Waals surface area contributed by atoms with Crippen LogP contribution in [0.4, 0.5) is 4.79 Å². The lowest BCUT2D eigenvalue weighted by atomic mass is 9.97. The van der Waals surface area contributed by atoms with Crippen LogP contribution < -0.4 is 5.32 Å². The van der Waals surface area contributed by atoms with E-state index in [0.717, 1.165) is 31.5 Å². The minimum absolute atomic E-state index is 0.0424. The monoisotopic (exact) mass is 370 g/mol. The van der Waals surface area contributed by atoms with E-state index in [-0.39, 0.29) is 18.0 Å². The number of benzene rings is 1. The van der Waals surface area contributed by atoms with Crippen LogP contribution in [-0.2, 0) is 11.2 Å². The molecule has 1 atom stereocenters. The number of likely N-dealkylation sites (tertiary alicyclic amines) is 2. The first-order chi connectivity index (χ1) is 13.1. The molecule has 3 fully saturated rings. The van der Waals surface area contributed by atoms with Crippen molar-refractivity contribution in [2.45, 2.75) is 50.2 Å². The van der Waals surface area contributed by atoms with Crippen molar-refractivity contribution in [2.24, 2.45) is 0 Å². The Hall–Kier alpha value is -1.92. The third kappa shape index (κ3) is 4.01. The molecule has 3 heterocycles. The Bertz CT molecular complexity index is 664. The third-order valence-electron chi connectivity index (χ3n) is 6.40. The number of nitrogens with one attached hydrogen (secondary N) is 1. The lowest BCUT2D eigenvalue weighted by molar-refractivity contribution is -0.129. The van der Waals surface area contributed by atoms with Gasteiger partial charge in [0.05, 0.1) is 0 Å². The van der Waals surface area contributed by atoms with Crippen LogP contribution in [0.5, 0.6) is 0 Å². The molecule has 1 aromatic carbocycles. The van der Waals surface area contributed by atoms with Crippen LogP contribution in [0.2, 0.25) is 0 Å². The zero-order valence-electron chi connectivity index (χ0n) is 16.1. The predicted molar refractivity (Wildman–Crippen MR) is 104 cm³/mol. The Balaban J connectivity index is 1.33. The molecule has 3 aliphatic rings. The average Bonchev–Trinajstić information content (AvgIpc) is 2.97. The van der Waals surface area contributed by atoms with Crippen molar-refractivity contribution in [3.8, 4) is 0 Å². The number of imide groups is 1. The third-order valence-corrected chi connectivity index (χ3v) is 6.40. The highest BCUT2D eigenvalue weighted by Gasteiger charge is 2.43. The number of carbonyl (C=O) groups is 2. The van der Waals surface area contributed by atoms with Crippen molar-refractivity contribution >= 4 is 11.9 Å². The number of carbonyl (C=O) groups excluding carboxylic acids is 2. The van der Waals surface area contributed by atoms with E-state index in [2.05, 4.69) is 22.2 Å². The standard InChI is InChI=1S/C21H30N4O2/c1-23-11-7-17(8-12-23)24-13-9-18(10-14-24)25-20(26)19(22-21(25)27)15-16-5-3-2-4-6-16/h2-6,17-19H,7-15H2,1H3,(H,22,27). The van der Waals surface area contributed by atoms with Crippen LogP contribution in [0.1, 0.15) is 31.2 Å². The van der Waals surface area contributed by atoms with Gasteiger partial charge < -0.3 is 15.1 Å². The summed E-state index contributed by atoms with van der Waals surface area (Å²) in [5.74, 6) is -0.0541. The molecule has 0 saturated carbocycles. The van der Waals surface area contributed by atoms with Gasteiger partial charge in [-0.25, -0.2) is 4.79 Å². The molecule has 0 aliphatic carbocycles.